The van der Waals surface area contributed by atoms with Crippen molar-refractivity contribution in [2.75, 3.05) is 17.8 Å². The maximum atomic E-state index is 11.4. The van der Waals surface area contributed by atoms with Gasteiger partial charge < -0.3 is 10.1 Å². The lowest BCUT2D eigenvalue weighted by atomic mass is 10.1. The first-order valence-corrected chi connectivity index (χ1v) is 6.19. The molecule has 0 aliphatic rings. The molecule has 18 heavy (non-hydrogen) atoms. The minimum Gasteiger partial charge on any atom is -0.493 e. The fourth-order valence-electron chi connectivity index (χ4n) is 1.46. The summed E-state index contributed by atoms with van der Waals surface area (Å²) in [5, 5.41) is 2.62. The standard InChI is InChI=1S/C13H16ClNO3/c1-9(16)12-5-4-11(18-7-3-6-14)8-13(12)15-10(2)17/h4-5,8H,3,6-7H2,1-2H3,(H,15,17). The molecule has 1 amide bonds. The third-order valence-corrected chi connectivity index (χ3v) is 2.49. The highest BCUT2D eigenvalue weighted by Crippen LogP contribution is 2.23. The SMILES string of the molecule is CC(=O)Nc1cc(OCCCCl)ccc1C(C)=O. The van der Waals surface area contributed by atoms with E-state index in [9.17, 15) is 9.59 Å². The van der Waals surface area contributed by atoms with E-state index in [1.165, 1.54) is 13.8 Å². The molecule has 0 atom stereocenters. The zero-order valence-electron chi connectivity index (χ0n) is 10.5. The summed E-state index contributed by atoms with van der Waals surface area (Å²) in [5.41, 5.74) is 0.938. The maximum absolute atomic E-state index is 11.4. The number of halogens is 1. The molecule has 0 aliphatic heterocycles. The number of nitrogens with one attached hydrogen (secondary N) is 1. The molecule has 0 saturated carbocycles. The van der Waals surface area contributed by atoms with Gasteiger partial charge in [-0.1, -0.05) is 0 Å². The predicted molar refractivity (Wildman–Crippen MR) is 71.6 cm³/mol. The number of rotatable bonds is 6. The Hall–Kier alpha value is -1.55. The third kappa shape index (κ3) is 4.37. The summed E-state index contributed by atoms with van der Waals surface area (Å²) in [7, 11) is 0. The van der Waals surface area contributed by atoms with Crippen LogP contribution >= 0.6 is 11.6 Å². The second-order valence-electron chi connectivity index (χ2n) is 3.84. The summed E-state index contributed by atoms with van der Waals surface area (Å²) in [5.74, 6) is 0.805. The lowest BCUT2D eigenvalue weighted by molar-refractivity contribution is -0.114. The van der Waals surface area contributed by atoms with Crippen molar-refractivity contribution in [3.8, 4) is 5.75 Å². The van der Waals surface area contributed by atoms with Gasteiger partial charge in [0, 0.05) is 24.4 Å². The molecule has 0 heterocycles. The average molecular weight is 270 g/mol. The first kappa shape index (κ1) is 14.5. The smallest absolute Gasteiger partial charge is 0.221 e. The lowest BCUT2D eigenvalue weighted by Crippen LogP contribution is -2.10. The van der Waals surface area contributed by atoms with Crippen LogP contribution in [0.5, 0.6) is 5.75 Å². The zero-order chi connectivity index (χ0) is 13.5. The Morgan fingerprint density at radius 1 is 1.33 bits per heavy atom. The molecular weight excluding hydrogens is 254 g/mol. The monoisotopic (exact) mass is 269 g/mol. The van der Waals surface area contributed by atoms with Crippen molar-refractivity contribution in [1.82, 2.24) is 0 Å². The van der Waals surface area contributed by atoms with E-state index in [-0.39, 0.29) is 11.7 Å². The number of hydrogen-bond acceptors (Lipinski definition) is 3. The highest BCUT2D eigenvalue weighted by Gasteiger charge is 2.09. The van der Waals surface area contributed by atoms with E-state index >= 15 is 0 Å². The first-order chi connectivity index (χ1) is 8.54. The largest absolute Gasteiger partial charge is 0.493 e. The lowest BCUT2D eigenvalue weighted by Gasteiger charge is -2.11. The van der Waals surface area contributed by atoms with Crippen LogP contribution in [0.2, 0.25) is 0 Å². The van der Waals surface area contributed by atoms with E-state index in [2.05, 4.69) is 5.32 Å². The van der Waals surface area contributed by atoms with Crippen molar-refractivity contribution >= 4 is 29.0 Å². The van der Waals surface area contributed by atoms with Crippen LogP contribution in [0, 0.1) is 0 Å². The fourth-order valence-corrected chi connectivity index (χ4v) is 1.57. The molecule has 0 radical (unpaired) electrons. The molecule has 1 aromatic carbocycles. The molecule has 1 rings (SSSR count). The van der Waals surface area contributed by atoms with Gasteiger partial charge in [0.25, 0.3) is 0 Å². The Morgan fingerprint density at radius 3 is 2.61 bits per heavy atom. The maximum Gasteiger partial charge on any atom is 0.221 e. The van der Waals surface area contributed by atoms with Gasteiger partial charge in [-0.2, -0.15) is 0 Å². The summed E-state index contributed by atoms with van der Waals surface area (Å²) in [4.78, 5) is 22.5. The Labute approximate surface area is 111 Å². The molecule has 0 unspecified atom stereocenters. The van der Waals surface area contributed by atoms with Gasteiger partial charge in [-0.25, -0.2) is 0 Å². The highest BCUT2D eigenvalue weighted by atomic mass is 35.5. The fraction of sp³-hybridized carbons (Fsp3) is 0.385. The van der Waals surface area contributed by atoms with Gasteiger partial charge in [-0.15, -0.1) is 11.6 Å². The van der Waals surface area contributed by atoms with Crippen molar-refractivity contribution < 1.29 is 14.3 Å². The molecule has 0 fully saturated rings. The molecule has 0 spiro atoms. The molecule has 4 nitrogen and oxygen atoms in total. The molecule has 0 bridgehead atoms. The van der Waals surface area contributed by atoms with Crippen molar-refractivity contribution in [2.45, 2.75) is 20.3 Å². The van der Waals surface area contributed by atoms with Gasteiger partial charge in [-0.3, -0.25) is 9.59 Å². The number of carbonyl (C=O) groups is 2. The molecule has 5 heteroatoms. The van der Waals surface area contributed by atoms with E-state index in [1.807, 2.05) is 0 Å². The quantitative estimate of drug-likeness (QED) is 0.491. The number of carbonyl (C=O) groups excluding carboxylic acids is 2. The number of Topliss-reactive ketones (excluding diaryl/α,β-unsaturated/α-hetero) is 1. The van der Waals surface area contributed by atoms with Gasteiger partial charge in [0.05, 0.1) is 12.3 Å². The average Bonchev–Trinajstić information content (AvgIpc) is 2.28. The number of ketones is 1. The van der Waals surface area contributed by atoms with E-state index in [1.54, 1.807) is 18.2 Å². The van der Waals surface area contributed by atoms with E-state index in [0.29, 0.717) is 29.5 Å². The Morgan fingerprint density at radius 2 is 2.06 bits per heavy atom. The van der Waals surface area contributed by atoms with Crippen LogP contribution in [0.25, 0.3) is 0 Å². The summed E-state index contributed by atoms with van der Waals surface area (Å²) < 4.78 is 5.46. The molecule has 0 aromatic heterocycles. The van der Waals surface area contributed by atoms with Gasteiger partial charge in [-0.05, 0) is 25.5 Å². The second-order valence-corrected chi connectivity index (χ2v) is 4.21. The number of alkyl halides is 1. The number of benzene rings is 1. The van der Waals surface area contributed by atoms with Crippen LogP contribution in [-0.4, -0.2) is 24.2 Å². The Kier molecular flexibility index (Phi) is 5.65. The van der Waals surface area contributed by atoms with Crippen molar-refractivity contribution in [1.29, 1.82) is 0 Å². The van der Waals surface area contributed by atoms with Crippen molar-refractivity contribution in [3.05, 3.63) is 23.8 Å². The molecule has 0 saturated heterocycles. The van der Waals surface area contributed by atoms with Crippen LogP contribution in [0.4, 0.5) is 5.69 Å². The topological polar surface area (TPSA) is 55.4 Å². The normalized spacial score (nSPS) is 9.94. The Bertz CT molecular complexity index is 446. The summed E-state index contributed by atoms with van der Waals surface area (Å²) in [6.07, 6.45) is 0.742. The minimum absolute atomic E-state index is 0.106. The minimum atomic E-state index is -0.226. The van der Waals surface area contributed by atoms with E-state index < -0.39 is 0 Å². The van der Waals surface area contributed by atoms with Gasteiger partial charge >= 0.3 is 0 Å². The van der Waals surface area contributed by atoms with Gasteiger partial charge in [0.1, 0.15) is 5.75 Å². The number of amides is 1. The summed E-state index contributed by atoms with van der Waals surface area (Å²) in [6, 6.07) is 4.99. The van der Waals surface area contributed by atoms with E-state index in [0.717, 1.165) is 6.42 Å². The molecular formula is C13H16ClNO3. The second kappa shape index (κ2) is 7.01. The predicted octanol–water partition coefficient (Wildman–Crippen LogP) is 2.86. The Balaban J connectivity index is 2.90. The van der Waals surface area contributed by atoms with Crippen LogP contribution in [0.15, 0.2) is 18.2 Å². The van der Waals surface area contributed by atoms with Crippen molar-refractivity contribution in [3.63, 3.8) is 0 Å². The van der Waals surface area contributed by atoms with Crippen LogP contribution in [0.1, 0.15) is 30.6 Å². The van der Waals surface area contributed by atoms with Gasteiger partial charge in [0.2, 0.25) is 5.91 Å². The van der Waals surface area contributed by atoms with Crippen molar-refractivity contribution in [2.24, 2.45) is 0 Å². The van der Waals surface area contributed by atoms with Crippen LogP contribution in [-0.2, 0) is 4.79 Å². The third-order valence-electron chi connectivity index (χ3n) is 2.23. The molecule has 0 aliphatic carbocycles. The summed E-state index contributed by atoms with van der Waals surface area (Å²) in [6.45, 7) is 3.35. The first-order valence-electron chi connectivity index (χ1n) is 5.66. The number of ether oxygens (including phenoxy) is 1. The molecule has 1 N–H and O–H groups in total. The van der Waals surface area contributed by atoms with Crippen LogP contribution < -0.4 is 10.1 Å². The van der Waals surface area contributed by atoms with Crippen LogP contribution in [0.3, 0.4) is 0 Å². The van der Waals surface area contributed by atoms with E-state index in [4.69, 9.17) is 16.3 Å². The number of hydrogen-bond donors (Lipinski definition) is 1. The number of anilines is 1. The summed E-state index contributed by atoms with van der Waals surface area (Å²) >= 11 is 5.55. The molecule has 1 aromatic rings. The molecule has 98 valence electrons. The zero-order valence-corrected chi connectivity index (χ0v) is 11.2. The van der Waals surface area contributed by atoms with Gasteiger partial charge in [0.15, 0.2) is 5.78 Å². The highest BCUT2D eigenvalue weighted by molar-refractivity contribution is 6.17.